The van der Waals surface area contributed by atoms with Crippen molar-refractivity contribution in [2.45, 2.75) is 19.9 Å². The SMILES string of the molecule is CCC(=O)c1ccc(NCc2csc(=O)[nH]2)cc1. The van der Waals surface area contributed by atoms with Gasteiger partial charge >= 0.3 is 4.87 Å². The first-order valence-corrected chi connectivity index (χ1v) is 6.61. The lowest BCUT2D eigenvalue weighted by Crippen LogP contribution is -2.03. The fourth-order valence-corrected chi connectivity index (χ4v) is 2.16. The quantitative estimate of drug-likeness (QED) is 0.814. The average molecular weight is 262 g/mol. The van der Waals surface area contributed by atoms with Crippen molar-refractivity contribution in [2.24, 2.45) is 0 Å². The maximum atomic E-state index is 11.4. The molecule has 4 nitrogen and oxygen atoms in total. The molecule has 1 heterocycles. The molecule has 0 saturated carbocycles. The number of aromatic amines is 1. The molecule has 0 atom stereocenters. The molecule has 18 heavy (non-hydrogen) atoms. The van der Waals surface area contributed by atoms with Gasteiger partial charge in [-0.3, -0.25) is 9.59 Å². The molecular weight excluding hydrogens is 248 g/mol. The van der Waals surface area contributed by atoms with Gasteiger partial charge in [-0.25, -0.2) is 0 Å². The van der Waals surface area contributed by atoms with E-state index in [9.17, 15) is 9.59 Å². The second-order valence-electron chi connectivity index (χ2n) is 3.88. The summed E-state index contributed by atoms with van der Waals surface area (Å²) < 4.78 is 0. The Kier molecular flexibility index (Phi) is 3.94. The van der Waals surface area contributed by atoms with Crippen LogP contribution < -0.4 is 10.2 Å². The number of thiazole rings is 1. The highest BCUT2D eigenvalue weighted by atomic mass is 32.1. The van der Waals surface area contributed by atoms with E-state index in [4.69, 9.17) is 0 Å². The van der Waals surface area contributed by atoms with Crippen LogP contribution in [0.1, 0.15) is 29.4 Å². The van der Waals surface area contributed by atoms with Gasteiger partial charge in [0.1, 0.15) is 0 Å². The summed E-state index contributed by atoms with van der Waals surface area (Å²) >= 11 is 1.15. The van der Waals surface area contributed by atoms with E-state index < -0.39 is 0 Å². The Hall–Kier alpha value is -1.88. The van der Waals surface area contributed by atoms with Gasteiger partial charge in [0, 0.05) is 28.7 Å². The van der Waals surface area contributed by atoms with Crippen molar-refractivity contribution in [2.75, 3.05) is 5.32 Å². The third-order valence-electron chi connectivity index (χ3n) is 2.58. The molecule has 0 aliphatic carbocycles. The van der Waals surface area contributed by atoms with Gasteiger partial charge in [0.05, 0.1) is 6.54 Å². The lowest BCUT2D eigenvalue weighted by atomic mass is 10.1. The number of ketones is 1. The first-order chi connectivity index (χ1) is 8.69. The number of anilines is 1. The molecule has 0 amide bonds. The Balaban J connectivity index is 1.98. The second kappa shape index (κ2) is 5.64. The van der Waals surface area contributed by atoms with E-state index in [-0.39, 0.29) is 10.7 Å². The number of hydrogen-bond acceptors (Lipinski definition) is 4. The molecule has 0 radical (unpaired) electrons. The molecule has 0 bridgehead atoms. The zero-order valence-corrected chi connectivity index (χ0v) is 10.8. The second-order valence-corrected chi connectivity index (χ2v) is 4.72. The third kappa shape index (κ3) is 3.07. The number of carbonyl (C=O) groups excluding carboxylic acids is 1. The van der Waals surface area contributed by atoms with Gasteiger partial charge in [0.2, 0.25) is 0 Å². The molecule has 0 aliphatic rings. The monoisotopic (exact) mass is 262 g/mol. The van der Waals surface area contributed by atoms with Crippen LogP contribution in [-0.4, -0.2) is 10.8 Å². The lowest BCUT2D eigenvalue weighted by molar-refractivity contribution is 0.0988. The molecule has 0 unspecified atom stereocenters. The van der Waals surface area contributed by atoms with E-state index in [1.807, 2.05) is 31.2 Å². The molecule has 0 fully saturated rings. The molecule has 2 N–H and O–H groups in total. The van der Waals surface area contributed by atoms with Crippen molar-refractivity contribution in [1.82, 2.24) is 4.98 Å². The number of Topliss-reactive ketones (excluding diaryl/α,β-unsaturated/α-hetero) is 1. The largest absolute Gasteiger partial charge is 0.379 e. The van der Waals surface area contributed by atoms with Gasteiger partial charge in [0.25, 0.3) is 0 Å². The van der Waals surface area contributed by atoms with Crippen LogP contribution in [0, 0.1) is 0 Å². The molecule has 94 valence electrons. The Morgan fingerprint density at radius 1 is 1.33 bits per heavy atom. The Morgan fingerprint density at radius 3 is 2.61 bits per heavy atom. The normalized spacial score (nSPS) is 10.3. The van der Waals surface area contributed by atoms with Crippen LogP contribution in [0.4, 0.5) is 5.69 Å². The van der Waals surface area contributed by atoms with Gasteiger partial charge in [-0.2, -0.15) is 0 Å². The van der Waals surface area contributed by atoms with Crippen LogP contribution in [-0.2, 0) is 6.54 Å². The van der Waals surface area contributed by atoms with E-state index in [1.165, 1.54) is 0 Å². The number of rotatable bonds is 5. The van der Waals surface area contributed by atoms with E-state index in [0.29, 0.717) is 13.0 Å². The summed E-state index contributed by atoms with van der Waals surface area (Å²) in [5.74, 6) is 0.142. The predicted molar refractivity (Wildman–Crippen MR) is 73.3 cm³/mol. The van der Waals surface area contributed by atoms with E-state index in [2.05, 4.69) is 10.3 Å². The van der Waals surface area contributed by atoms with Crippen molar-refractivity contribution in [1.29, 1.82) is 0 Å². The molecule has 2 aromatic rings. The van der Waals surface area contributed by atoms with Crippen LogP contribution >= 0.6 is 11.3 Å². The number of benzene rings is 1. The maximum absolute atomic E-state index is 11.4. The smallest absolute Gasteiger partial charge is 0.304 e. The first kappa shape index (κ1) is 12.6. The fourth-order valence-electron chi connectivity index (χ4n) is 1.58. The molecule has 2 rings (SSSR count). The fraction of sp³-hybridized carbons (Fsp3) is 0.231. The summed E-state index contributed by atoms with van der Waals surface area (Å²) in [6.07, 6.45) is 0.517. The van der Waals surface area contributed by atoms with Crippen molar-refractivity contribution in [3.8, 4) is 0 Å². The summed E-state index contributed by atoms with van der Waals surface area (Å²) in [4.78, 5) is 25.1. The van der Waals surface area contributed by atoms with E-state index in [1.54, 1.807) is 5.38 Å². The minimum Gasteiger partial charge on any atom is -0.379 e. The number of aromatic nitrogens is 1. The van der Waals surface area contributed by atoms with Gasteiger partial charge in [-0.1, -0.05) is 18.3 Å². The zero-order chi connectivity index (χ0) is 13.0. The summed E-state index contributed by atoms with van der Waals surface area (Å²) in [6.45, 7) is 2.42. The Bertz CT molecular complexity index is 584. The summed E-state index contributed by atoms with van der Waals surface area (Å²) in [5, 5.41) is 4.98. The van der Waals surface area contributed by atoms with Crippen molar-refractivity contribution < 1.29 is 4.79 Å². The highest BCUT2D eigenvalue weighted by Crippen LogP contribution is 2.12. The molecular formula is C13H14N2O2S. The zero-order valence-electron chi connectivity index (χ0n) is 10.0. The van der Waals surface area contributed by atoms with Crippen molar-refractivity contribution >= 4 is 22.8 Å². The van der Waals surface area contributed by atoms with Gasteiger partial charge in [0.15, 0.2) is 5.78 Å². The van der Waals surface area contributed by atoms with E-state index in [0.717, 1.165) is 28.3 Å². The summed E-state index contributed by atoms with van der Waals surface area (Å²) in [7, 11) is 0. The molecule has 5 heteroatoms. The van der Waals surface area contributed by atoms with Gasteiger partial charge in [-0.15, -0.1) is 0 Å². The average Bonchev–Trinajstić information content (AvgIpc) is 2.82. The van der Waals surface area contributed by atoms with Crippen LogP contribution in [0.3, 0.4) is 0 Å². The number of H-pyrrole nitrogens is 1. The third-order valence-corrected chi connectivity index (χ3v) is 3.30. The highest BCUT2D eigenvalue weighted by molar-refractivity contribution is 7.07. The van der Waals surface area contributed by atoms with Crippen molar-refractivity contribution in [3.05, 3.63) is 50.6 Å². The van der Waals surface area contributed by atoms with Crippen LogP contribution in [0.5, 0.6) is 0 Å². The molecule has 1 aromatic heterocycles. The molecule has 0 spiro atoms. The summed E-state index contributed by atoms with van der Waals surface area (Å²) in [5.41, 5.74) is 2.51. The van der Waals surface area contributed by atoms with Crippen LogP contribution in [0.2, 0.25) is 0 Å². The maximum Gasteiger partial charge on any atom is 0.304 e. The topological polar surface area (TPSA) is 62.0 Å². The lowest BCUT2D eigenvalue weighted by Gasteiger charge is -2.05. The molecule has 1 aromatic carbocycles. The number of carbonyl (C=O) groups is 1. The van der Waals surface area contributed by atoms with Crippen molar-refractivity contribution in [3.63, 3.8) is 0 Å². The predicted octanol–water partition coefficient (Wildman–Crippen LogP) is 2.64. The van der Waals surface area contributed by atoms with Crippen LogP contribution in [0.25, 0.3) is 0 Å². The van der Waals surface area contributed by atoms with Gasteiger partial charge in [-0.05, 0) is 24.3 Å². The standard InChI is InChI=1S/C13H14N2O2S/c1-2-12(16)9-3-5-10(6-4-9)14-7-11-8-18-13(17)15-11/h3-6,8,14H,2,7H2,1H3,(H,15,17). The first-order valence-electron chi connectivity index (χ1n) is 5.73. The van der Waals surface area contributed by atoms with Crippen LogP contribution in [0.15, 0.2) is 34.4 Å². The van der Waals surface area contributed by atoms with Gasteiger partial charge < -0.3 is 10.3 Å². The summed E-state index contributed by atoms with van der Waals surface area (Å²) in [6, 6.07) is 7.36. The number of hydrogen-bond donors (Lipinski definition) is 2. The minimum atomic E-state index is -0.0457. The Labute approximate surface area is 109 Å². The van der Waals surface area contributed by atoms with E-state index >= 15 is 0 Å². The molecule has 0 saturated heterocycles. The molecule has 0 aliphatic heterocycles. The number of nitrogens with one attached hydrogen (secondary N) is 2. The Morgan fingerprint density at radius 2 is 2.06 bits per heavy atom. The highest BCUT2D eigenvalue weighted by Gasteiger charge is 2.02. The minimum absolute atomic E-state index is 0.0457.